The maximum Gasteiger partial charge on any atom is 0.190 e. The monoisotopic (exact) mass is 382 g/mol. The normalized spacial score (nSPS) is 17.9. The fraction of sp³-hybridized carbons (Fsp3) is 0.929. The number of piperidine rings is 1. The third-order valence-electron chi connectivity index (χ3n) is 3.59. The Hall–Kier alpha value is -0.0400. The highest BCUT2D eigenvalue weighted by Gasteiger charge is 2.14. The zero-order valence-corrected chi connectivity index (χ0v) is 15.1. The lowest BCUT2D eigenvalue weighted by atomic mass is 9.99. The lowest BCUT2D eigenvalue weighted by Gasteiger charge is -2.30. The van der Waals surface area contributed by atoms with Crippen LogP contribution in [0.3, 0.4) is 0 Å². The van der Waals surface area contributed by atoms with E-state index in [2.05, 4.69) is 34.4 Å². The van der Waals surface area contributed by atoms with E-state index in [1.54, 1.807) is 0 Å². The molecule has 1 rings (SSSR count). The van der Waals surface area contributed by atoms with Gasteiger partial charge in [0.05, 0.1) is 0 Å². The number of halogens is 1. The molecule has 1 heterocycles. The summed E-state index contributed by atoms with van der Waals surface area (Å²) in [7, 11) is 1.83. The number of aliphatic imine (C=N–C) groups is 1. The van der Waals surface area contributed by atoms with Gasteiger partial charge in [-0.3, -0.25) is 4.99 Å². The molecule has 5 heteroatoms. The van der Waals surface area contributed by atoms with Crippen LogP contribution in [0.2, 0.25) is 0 Å². The lowest BCUT2D eigenvalue weighted by Crippen LogP contribution is -2.40. The van der Waals surface area contributed by atoms with Gasteiger partial charge in [-0.05, 0) is 51.2 Å². The van der Waals surface area contributed by atoms with Crippen molar-refractivity contribution in [1.82, 2.24) is 15.5 Å². The van der Waals surface area contributed by atoms with Crippen LogP contribution in [-0.4, -0.2) is 50.6 Å². The van der Waals surface area contributed by atoms with Crippen molar-refractivity contribution in [2.24, 2.45) is 10.9 Å². The van der Waals surface area contributed by atoms with Gasteiger partial charge in [0.25, 0.3) is 0 Å². The summed E-state index contributed by atoms with van der Waals surface area (Å²) < 4.78 is 0. The van der Waals surface area contributed by atoms with Gasteiger partial charge in [-0.25, -0.2) is 0 Å². The van der Waals surface area contributed by atoms with Crippen LogP contribution in [0.5, 0.6) is 0 Å². The molecule has 114 valence electrons. The SMILES string of the molecule is CCCNC(=NC)NCCCN1CCC(C)CC1.I. The molecule has 4 nitrogen and oxygen atoms in total. The van der Waals surface area contributed by atoms with Gasteiger partial charge < -0.3 is 15.5 Å². The molecule has 1 aliphatic rings. The molecule has 0 aromatic heterocycles. The van der Waals surface area contributed by atoms with Crippen molar-refractivity contribution < 1.29 is 0 Å². The summed E-state index contributed by atoms with van der Waals surface area (Å²) >= 11 is 0. The van der Waals surface area contributed by atoms with E-state index in [-0.39, 0.29) is 24.0 Å². The second-order valence-corrected chi connectivity index (χ2v) is 5.30. The van der Waals surface area contributed by atoms with Gasteiger partial charge in [0.15, 0.2) is 5.96 Å². The quantitative estimate of drug-likeness (QED) is 0.321. The molecule has 1 fully saturated rings. The summed E-state index contributed by atoms with van der Waals surface area (Å²) in [5.74, 6) is 1.86. The van der Waals surface area contributed by atoms with Crippen LogP contribution in [-0.2, 0) is 0 Å². The van der Waals surface area contributed by atoms with Crippen molar-refractivity contribution >= 4 is 29.9 Å². The Balaban J connectivity index is 0.00000324. The van der Waals surface area contributed by atoms with Crippen LogP contribution in [0.15, 0.2) is 4.99 Å². The number of nitrogens with one attached hydrogen (secondary N) is 2. The Kier molecular flexibility index (Phi) is 11.7. The number of guanidine groups is 1. The van der Waals surface area contributed by atoms with Crippen LogP contribution >= 0.6 is 24.0 Å². The Bertz CT molecular complexity index is 238. The average Bonchev–Trinajstić information content (AvgIpc) is 2.40. The smallest absolute Gasteiger partial charge is 0.190 e. The predicted molar refractivity (Wildman–Crippen MR) is 94.5 cm³/mol. The molecule has 1 aliphatic heterocycles. The van der Waals surface area contributed by atoms with Crippen LogP contribution < -0.4 is 10.6 Å². The van der Waals surface area contributed by atoms with Crippen molar-refractivity contribution in [3.8, 4) is 0 Å². The molecule has 0 radical (unpaired) electrons. The molecule has 0 atom stereocenters. The molecule has 0 bridgehead atoms. The minimum Gasteiger partial charge on any atom is -0.356 e. The third kappa shape index (κ3) is 8.68. The Morgan fingerprint density at radius 3 is 2.42 bits per heavy atom. The van der Waals surface area contributed by atoms with Gasteiger partial charge in [-0.15, -0.1) is 24.0 Å². The first-order valence-corrected chi connectivity index (χ1v) is 7.43. The highest BCUT2D eigenvalue weighted by atomic mass is 127. The van der Waals surface area contributed by atoms with Gasteiger partial charge in [-0.1, -0.05) is 13.8 Å². The van der Waals surface area contributed by atoms with E-state index < -0.39 is 0 Å². The number of nitrogens with zero attached hydrogens (tertiary/aromatic N) is 2. The standard InChI is InChI=1S/C14H30N4.HI/c1-4-8-16-14(15-3)17-9-5-10-18-11-6-13(2)7-12-18;/h13H,4-12H2,1-3H3,(H2,15,16,17);1H. The van der Waals surface area contributed by atoms with Crippen LogP contribution in [0.4, 0.5) is 0 Å². The highest BCUT2D eigenvalue weighted by Crippen LogP contribution is 2.15. The Morgan fingerprint density at radius 1 is 1.21 bits per heavy atom. The van der Waals surface area contributed by atoms with E-state index in [1.807, 2.05) is 7.05 Å². The first kappa shape index (κ1) is 19.0. The maximum absolute atomic E-state index is 4.20. The van der Waals surface area contributed by atoms with Crippen molar-refractivity contribution in [2.45, 2.75) is 39.5 Å². The minimum absolute atomic E-state index is 0. The number of hydrogen-bond acceptors (Lipinski definition) is 2. The summed E-state index contributed by atoms with van der Waals surface area (Å²) in [4.78, 5) is 6.79. The molecule has 0 aliphatic carbocycles. The van der Waals surface area contributed by atoms with Gasteiger partial charge in [0.1, 0.15) is 0 Å². The second-order valence-electron chi connectivity index (χ2n) is 5.30. The molecule has 0 saturated carbocycles. The Labute approximate surface area is 135 Å². The summed E-state index contributed by atoms with van der Waals surface area (Å²) in [5.41, 5.74) is 0. The summed E-state index contributed by atoms with van der Waals surface area (Å²) in [5, 5.41) is 6.65. The topological polar surface area (TPSA) is 39.7 Å². The van der Waals surface area contributed by atoms with Crippen molar-refractivity contribution in [1.29, 1.82) is 0 Å². The van der Waals surface area contributed by atoms with Crippen molar-refractivity contribution in [2.75, 3.05) is 39.8 Å². The lowest BCUT2D eigenvalue weighted by molar-refractivity contribution is 0.191. The van der Waals surface area contributed by atoms with E-state index in [9.17, 15) is 0 Å². The highest BCUT2D eigenvalue weighted by molar-refractivity contribution is 14.0. The minimum atomic E-state index is 0. The molecule has 0 amide bonds. The predicted octanol–water partition coefficient (Wildman–Crippen LogP) is 2.30. The largest absolute Gasteiger partial charge is 0.356 e. The zero-order chi connectivity index (χ0) is 13.2. The third-order valence-corrected chi connectivity index (χ3v) is 3.59. The summed E-state index contributed by atoms with van der Waals surface area (Å²) in [6.07, 6.45) is 5.06. The second kappa shape index (κ2) is 11.8. The molecule has 2 N–H and O–H groups in total. The fourth-order valence-electron chi connectivity index (χ4n) is 2.26. The molecule has 0 unspecified atom stereocenters. The van der Waals surface area contributed by atoms with Gasteiger partial charge in [-0.2, -0.15) is 0 Å². The molecule has 0 aromatic carbocycles. The number of hydrogen-bond donors (Lipinski definition) is 2. The van der Waals surface area contributed by atoms with Crippen LogP contribution in [0.25, 0.3) is 0 Å². The molecule has 0 aromatic rings. The molecule has 0 spiro atoms. The summed E-state index contributed by atoms with van der Waals surface area (Å²) in [6.45, 7) is 10.3. The van der Waals surface area contributed by atoms with E-state index >= 15 is 0 Å². The summed E-state index contributed by atoms with van der Waals surface area (Å²) in [6, 6.07) is 0. The first-order valence-electron chi connectivity index (χ1n) is 7.43. The number of likely N-dealkylation sites (tertiary alicyclic amines) is 1. The van der Waals surface area contributed by atoms with E-state index in [0.717, 1.165) is 31.4 Å². The molecular weight excluding hydrogens is 351 g/mol. The van der Waals surface area contributed by atoms with Crippen LogP contribution in [0, 0.1) is 5.92 Å². The maximum atomic E-state index is 4.20. The molecule has 19 heavy (non-hydrogen) atoms. The number of rotatable bonds is 6. The van der Waals surface area contributed by atoms with E-state index in [0.29, 0.717) is 0 Å². The van der Waals surface area contributed by atoms with E-state index in [4.69, 9.17) is 0 Å². The average molecular weight is 382 g/mol. The van der Waals surface area contributed by atoms with Crippen molar-refractivity contribution in [3.05, 3.63) is 0 Å². The van der Waals surface area contributed by atoms with E-state index in [1.165, 1.54) is 38.9 Å². The van der Waals surface area contributed by atoms with Gasteiger partial charge in [0.2, 0.25) is 0 Å². The molecular formula is C14H31IN4. The van der Waals surface area contributed by atoms with Crippen LogP contribution in [0.1, 0.15) is 39.5 Å². The first-order chi connectivity index (χ1) is 8.76. The molecule has 1 saturated heterocycles. The fourth-order valence-corrected chi connectivity index (χ4v) is 2.26. The van der Waals surface area contributed by atoms with Crippen molar-refractivity contribution in [3.63, 3.8) is 0 Å². The van der Waals surface area contributed by atoms with Gasteiger partial charge >= 0.3 is 0 Å². The Morgan fingerprint density at radius 2 is 1.84 bits per heavy atom. The zero-order valence-electron chi connectivity index (χ0n) is 12.7. The van der Waals surface area contributed by atoms with Gasteiger partial charge in [0, 0.05) is 20.1 Å².